The molecule has 4 aromatic rings. The van der Waals surface area contributed by atoms with Crippen LogP contribution in [0, 0.1) is 5.82 Å². The van der Waals surface area contributed by atoms with Crippen LogP contribution >= 0.6 is 0 Å². The lowest BCUT2D eigenvalue weighted by atomic mass is 10.0. The molecule has 0 radical (unpaired) electrons. The van der Waals surface area contributed by atoms with E-state index in [9.17, 15) is 9.18 Å². The van der Waals surface area contributed by atoms with E-state index in [2.05, 4.69) is 39.5 Å². The summed E-state index contributed by atoms with van der Waals surface area (Å²) in [6, 6.07) is 7.46. The van der Waals surface area contributed by atoms with Gasteiger partial charge in [-0.25, -0.2) is 14.4 Å². The monoisotopic (exact) mass is 475 g/mol. The van der Waals surface area contributed by atoms with Crippen LogP contribution in [0.3, 0.4) is 0 Å². The molecule has 0 saturated carbocycles. The summed E-state index contributed by atoms with van der Waals surface area (Å²) in [5.74, 6) is -0.0431. The number of amides is 1. The van der Waals surface area contributed by atoms with E-state index in [4.69, 9.17) is 4.98 Å². The number of hydrogen-bond donors (Lipinski definition) is 2. The van der Waals surface area contributed by atoms with Crippen molar-refractivity contribution in [2.24, 2.45) is 7.05 Å². The molecule has 2 atom stereocenters. The highest BCUT2D eigenvalue weighted by atomic mass is 19.1. The SMILES string of the molecule is CC(C)c1ncc2c(N3C[C@H](C)N[C@@H](C)C3)ccc(C(=O)Nc3cc(F)c4nn(C)cc4c3)c2n1. The van der Waals surface area contributed by atoms with Crippen LogP contribution in [-0.4, -0.2) is 50.8 Å². The Labute approximate surface area is 203 Å². The predicted octanol–water partition coefficient (Wildman–Crippen LogP) is 4.22. The first kappa shape index (κ1) is 23.2. The van der Waals surface area contributed by atoms with E-state index < -0.39 is 5.82 Å². The lowest BCUT2D eigenvalue weighted by molar-refractivity contribution is 0.102. The Balaban J connectivity index is 1.56. The van der Waals surface area contributed by atoms with Crippen molar-refractivity contribution in [1.82, 2.24) is 25.1 Å². The molecular formula is C26H30FN7O. The smallest absolute Gasteiger partial charge is 0.257 e. The third-order valence-corrected chi connectivity index (χ3v) is 6.34. The van der Waals surface area contributed by atoms with E-state index in [0.29, 0.717) is 40.1 Å². The molecule has 5 rings (SSSR count). The summed E-state index contributed by atoms with van der Waals surface area (Å²) >= 11 is 0. The number of hydrogen-bond acceptors (Lipinski definition) is 6. The molecule has 3 heterocycles. The van der Waals surface area contributed by atoms with Crippen LogP contribution in [0.25, 0.3) is 21.8 Å². The van der Waals surface area contributed by atoms with Gasteiger partial charge in [-0.1, -0.05) is 13.8 Å². The topological polar surface area (TPSA) is 88.0 Å². The number of nitrogens with one attached hydrogen (secondary N) is 2. The van der Waals surface area contributed by atoms with Crippen molar-refractivity contribution in [3.63, 3.8) is 0 Å². The molecule has 2 N–H and O–H groups in total. The van der Waals surface area contributed by atoms with E-state index in [1.165, 1.54) is 6.07 Å². The zero-order valence-electron chi connectivity index (χ0n) is 20.6. The van der Waals surface area contributed by atoms with Gasteiger partial charge in [0.25, 0.3) is 5.91 Å². The van der Waals surface area contributed by atoms with Gasteiger partial charge in [-0.15, -0.1) is 0 Å². The maximum Gasteiger partial charge on any atom is 0.257 e. The first-order chi connectivity index (χ1) is 16.7. The van der Waals surface area contributed by atoms with Crippen LogP contribution in [0.4, 0.5) is 15.8 Å². The molecule has 35 heavy (non-hydrogen) atoms. The van der Waals surface area contributed by atoms with Crippen molar-refractivity contribution in [1.29, 1.82) is 0 Å². The molecular weight excluding hydrogens is 445 g/mol. The third kappa shape index (κ3) is 4.43. The third-order valence-electron chi connectivity index (χ3n) is 6.34. The molecule has 0 bridgehead atoms. The minimum Gasteiger partial charge on any atom is -0.368 e. The molecule has 2 aromatic heterocycles. The molecule has 1 aliphatic rings. The second kappa shape index (κ2) is 8.88. The Bertz CT molecular complexity index is 1420. The Kier molecular flexibility index (Phi) is 5.88. The van der Waals surface area contributed by atoms with Crippen molar-refractivity contribution >= 4 is 39.1 Å². The highest BCUT2D eigenvalue weighted by molar-refractivity contribution is 6.14. The molecule has 0 unspecified atom stereocenters. The lowest BCUT2D eigenvalue weighted by Gasteiger charge is -2.38. The Morgan fingerprint density at radius 1 is 1.17 bits per heavy atom. The van der Waals surface area contributed by atoms with Gasteiger partial charge in [-0.3, -0.25) is 9.48 Å². The van der Waals surface area contributed by atoms with Gasteiger partial charge in [-0.05, 0) is 38.1 Å². The zero-order chi connectivity index (χ0) is 24.9. The van der Waals surface area contributed by atoms with E-state index in [1.54, 1.807) is 30.1 Å². The van der Waals surface area contributed by atoms with Crippen LogP contribution < -0.4 is 15.5 Å². The molecule has 0 spiro atoms. The van der Waals surface area contributed by atoms with E-state index in [-0.39, 0.29) is 17.3 Å². The molecule has 8 nitrogen and oxygen atoms in total. The molecule has 1 amide bonds. The number of carbonyl (C=O) groups is 1. The van der Waals surface area contributed by atoms with Gasteiger partial charge in [0, 0.05) is 72.7 Å². The van der Waals surface area contributed by atoms with Crippen LogP contribution in [0.2, 0.25) is 0 Å². The number of nitrogens with zero attached hydrogens (tertiary/aromatic N) is 5. The largest absolute Gasteiger partial charge is 0.368 e. The summed E-state index contributed by atoms with van der Waals surface area (Å²) in [4.78, 5) is 25.1. The van der Waals surface area contributed by atoms with Crippen molar-refractivity contribution in [2.75, 3.05) is 23.3 Å². The van der Waals surface area contributed by atoms with Crippen LogP contribution in [0.5, 0.6) is 0 Å². The highest BCUT2D eigenvalue weighted by Gasteiger charge is 2.25. The van der Waals surface area contributed by atoms with Gasteiger partial charge < -0.3 is 15.5 Å². The molecule has 1 fully saturated rings. The highest BCUT2D eigenvalue weighted by Crippen LogP contribution is 2.31. The standard InChI is InChI=1S/C26H30FN7O/c1-14(2)25-28-10-20-22(34-11-15(3)29-16(4)12-34)7-6-19(24(20)31-25)26(35)30-18-8-17-13-33(5)32-23(17)21(27)9-18/h6-10,13-16,29H,11-12H2,1-5H3,(H,30,35)/t15-,16-/m0/s1. The summed E-state index contributed by atoms with van der Waals surface area (Å²) < 4.78 is 16.1. The predicted molar refractivity (Wildman–Crippen MR) is 137 cm³/mol. The number of aromatic nitrogens is 4. The van der Waals surface area contributed by atoms with Gasteiger partial charge in [0.1, 0.15) is 11.3 Å². The Morgan fingerprint density at radius 2 is 1.91 bits per heavy atom. The second-order valence-corrected chi connectivity index (χ2v) is 9.80. The number of piperazine rings is 1. The molecule has 182 valence electrons. The minimum atomic E-state index is -0.482. The molecule has 2 aromatic carbocycles. The molecule has 1 saturated heterocycles. The number of rotatable bonds is 4. The average molecular weight is 476 g/mol. The van der Waals surface area contributed by atoms with Gasteiger partial charge in [0.15, 0.2) is 5.82 Å². The molecule has 0 aliphatic carbocycles. The van der Waals surface area contributed by atoms with Crippen molar-refractivity contribution in [3.05, 3.63) is 53.9 Å². The van der Waals surface area contributed by atoms with Gasteiger partial charge >= 0.3 is 0 Å². The van der Waals surface area contributed by atoms with E-state index in [1.807, 2.05) is 26.1 Å². The normalized spacial score (nSPS) is 18.5. The first-order valence-corrected chi connectivity index (χ1v) is 11.9. The van der Waals surface area contributed by atoms with Gasteiger partial charge in [-0.2, -0.15) is 5.10 Å². The zero-order valence-corrected chi connectivity index (χ0v) is 20.6. The van der Waals surface area contributed by atoms with Crippen LogP contribution in [0.15, 0.2) is 36.7 Å². The lowest BCUT2D eigenvalue weighted by Crippen LogP contribution is -2.54. The van der Waals surface area contributed by atoms with Gasteiger partial charge in [0.05, 0.1) is 11.1 Å². The Morgan fingerprint density at radius 3 is 2.63 bits per heavy atom. The summed E-state index contributed by atoms with van der Waals surface area (Å²) in [6.07, 6.45) is 3.54. The maximum absolute atomic E-state index is 14.6. The number of halogens is 1. The van der Waals surface area contributed by atoms with Crippen molar-refractivity contribution in [2.45, 2.75) is 45.7 Å². The Hall–Kier alpha value is -3.59. The fraction of sp³-hybridized carbons (Fsp3) is 0.385. The second-order valence-electron chi connectivity index (χ2n) is 9.80. The fourth-order valence-corrected chi connectivity index (χ4v) is 4.86. The summed E-state index contributed by atoms with van der Waals surface area (Å²) in [5.41, 5.74) is 2.67. The van der Waals surface area contributed by atoms with E-state index >= 15 is 0 Å². The number of aryl methyl sites for hydroxylation is 1. The minimum absolute atomic E-state index is 0.111. The van der Waals surface area contributed by atoms with Crippen molar-refractivity contribution in [3.8, 4) is 0 Å². The average Bonchev–Trinajstić information content (AvgIpc) is 3.18. The van der Waals surface area contributed by atoms with E-state index in [0.717, 1.165) is 24.2 Å². The van der Waals surface area contributed by atoms with Crippen LogP contribution in [0.1, 0.15) is 49.8 Å². The van der Waals surface area contributed by atoms with Crippen LogP contribution in [-0.2, 0) is 7.05 Å². The number of anilines is 2. The summed E-state index contributed by atoms with van der Waals surface area (Å²) in [5, 5.41) is 12.0. The fourth-order valence-electron chi connectivity index (χ4n) is 4.86. The number of benzene rings is 2. The summed E-state index contributed by atoms with van der Waals surface area (Å²) in [6.45, 7) is 10.1. The van der Waals surface area contributed by atoms with Crippen molar-refractivity contribution < 1.29 is 9.18 Å². The number of carbonyl (C=O) groups excluding carboxylic acids is 1. The van der Waals surface area contributed by atoms with Gasteiger partial charge in [0.2, 0.25) is 0 Å². The first-order valence-electron chi connectivity index (χ1n) is 11.9. The quantitative estimate of drug-likeness (QED) is 0.460. The number of fused-ring (bicyclic) bond motifs is 2. The summed E-state index contributed by atoms with van der Waals surface area (Å²) in [7, 11) is 1.73. The molecule has 1 aliphatic heterocycles. The molecule has 9 heteroatoms. The maximum atomic E-state index is 14.6.